The van der Waals surface area contributed by atoms with Crippen molar-refractivity contribution in [3.05, 3.63) is 53.2 Å². The molecule has 2 saturated heterocycles. The van der Waals surface area contributed by atoms with Crippen LogP contribution in [0.5, 0.6) is 0 Å². The maximum absolute atomic E-state index is 12.8. The van der Waals surface area contributed by atoms with E-state index in [0.29, 0.717) is 48.9 Å². The quantitative estimate of drug-likeness (QED) is 0.640. The molecule has 0 aliphatic carbocycles. The fraction of sp³-hybridized carbons (Fsp3) is 0.478. The van der Waals surface area contributed by atoms with E-state index >= 15 is 0 Å². The molecule has 2 aliphatic rings. The highest BCUT2D eigenvalue weighted by atomic mass is 35.5. The second kappa shape index (κ2) is 10.2. The molecule has 9 heteroatoms. The number of carbonyl (C=O) groups is 1. The van der Waals surface area contributed by atoms with Crippen molar-refractivity contribution >= 4 is 33.3 Å². The fourth-order valence-corrected chi connectivity index (χ4v) is 5.86. The molecule has 0 atom stereocenters. The van der Waals surface area contributed by atoms with E-state index in [0.717, 1.165) is 43.7 Å². The van der Waals surface area contributed by atoms with Crippen LogP contribution in [0.4, 0.5) is 5.82 Å². The summed E-state index contributed by atoms with van der Waals surface area (Å²) in [5.41, 5.74) is 0.972. The van der Waals surface area contributed by atoms with Crippen molar-refractivity contribution in [3.8, 4) is 0 Å². The number of halogens is 1. The molecule has 0 spiro atoms. The number of nitrogens with zero attached hydrogens (tertiary/aromatic N) is 4. The number of rotatable bonds is 6. The van der Waals surface area contributed by atoms with E-state index < -0.39 is 10.0 Å². The third-order valence-electron chi connectivity index (χ3n) is 6.17. The molecule has 1 amide bonds. The highest BCUT2D eigenvalue weighted by Gasteiger charge is 2.26. The average molecular weight is 477 g/mol. The number of hydrogen-bond acceptors (Lipinski definition) is 5. The van der Waals surface area contributed by atoms with Crippen molar-refractivity contribution in [2.75, 3.05) is 44.2 Å². The number of sulfonamides is 1. The molecule has 2 aliphatic heterocycles. The summed E-state index contributed by atoms with van der Waals surface area (Å²) >= 11 is 5.90. The highest BCUT2D eigenvalue weighted by molar-refractivity contribution is 7.89. The lowest BCUT2D eigenvalue weighted by Crippen LogP contribution is -2.49. The second-order valence-corrected chi connectivity index (χ2v) is 10.7. The zero-order valence-corrected chi connectivity index (χ0v) is 19.7. The number of hydrogen-bond donors (Lipinski definition) is 0. The van der Waals surface area contributed by atoms with E-state index in [4.69, 9.17) is 11.6 Å². The molecule has 0 radical (unpaired) electrons. The molecule has 1 aromatic carbocycles. The third-order valence-corrected chi connectivity index (χ3v) is 8.31. The van der Waals surface area contributed by atoms with Crippen molar-refractivity contribution < 1.29 is 13.2 Å². The Morgan fingerprint density at radius 1 is 0.906 bits per heavy atom. The van der Waals surface area contributed by atoms with Gasteiger partial charge in [0, 0.05) is 51.9 Å². The van der Waals surface area contributed by atoms with Gasteiger partial charge in [0.1, 0.15) is 5.82 Å². The Bertz CT molecular complexity index is 1010. The molecular formula is C23H29ClN4O3S. The Morgan fingerprint density at radius 3 is 2.22 bits per heavy atom. The van der Waals surface area contributed by atoms with Gasteiger partial charge in [-0.2, -0.15) is 4.31 Å². The normalized spacial score (nSPS) is 18.0. The SMILES string of the molecule is O=C(CCc1ccc(S(=O)(=O)N2CCCCC2)cc1)N1CCN(c2ccc(Cl)cn2)CC1. The van der Waals surface area contributed by atoms with Crippen LogP contribution in [0.1, 0.15) is 31.2 Å². The summed E-state index contributed by atoms with van der Waals surface area (Å²) in [6, 6.07) is 10.7. The molecular weight excluding hydrogens is 448 g/mol. The summed E-state index contributed by atoms with van der Waals surface area (Å²) in [7, 11) is -3.42. The van der Waals surface area contributed by atoms with Gasteiger partial charge in [-0.3, -0.25) is 4.79 Å². The van der Waals surface area contributed by atoms with Crippen LogP contribution in [-0.4, -0.2) is 67.8 Å². The van der Waals surface area contributed by atoms with E-state index in [1.54, 1.807) is 22.6 Å². The Balaban J connectivity index is 1.26. The maximum atomic E-state index is 12.8. The maximum Gasteiger partial charge on any atom is 0.243 e. The minimum Gasteiger partial charge on any atom is -0.353 e. The number of aryl methyl sites for hydroxylation is 1. The first kappa shape index (κ1) is 23.0. The Labute approximate surface area is 195 Å². The van der Waals surface area contributed by atoms with E-state index in [1.165, 1.54) is 0 Å². The standard InChI is InChI=1S/C23H29ClN4O3S/c24-20-7-10-22(25-18-20)26-14-16-27(17-15-26)23(29)11-6-19-4-8-21(9-5-19)32(30,31)28-12-2-1-3-13-28/h4-5,7-10,18H,1-3,6,11-17H2. The first-order chi connectivity index (χ1) is 15.4. The minimum atomic E-state index is -3.42. The van der Waals surface area contributed by atoms with Gasteiger partial charge in [-0.1, -0.05) is 30.2 Å². The van der Waals surface area contributed by atoms with Gasteiger partial charge in [-0.15, -0.1) is 0 Å². The van der Waals surface area contributed by atoms with E-state index in [-0.39, 0.29) is 5.91 Å². The van der Waals surface area contributed by atoms with Crippen LogP contribution in [0.25, 0.3) is 0 Å². The van der Waals surface area contributed by atoms with Crippen molar-refractivity contribution in [3.63, 3.8) is 0 Å². The first-order valence-electron chi connectivity index (χ1n) is 11.2. The zero-order chi connectivity index (χ0) is 22.6. The van der Waals surface area contributed by atoms with Crippen molar-refractivity contribution in [1.29, 1.82) is 0 Å². The topological polar surface area (TPSA) is 73.8 Å². The summed E-state index contributed by atoms with van der Waals surface area (Å²) in [4.78, 5) is 21.4. The zero-order valence-electron chi connectivity index (χ0n) is 18.1. The molecule has 2 aromatic rings. The van der Waals surface area contributed by atoms with Crippen LogP contribution in [0.3, 0.4) is 0 Å². The third kappa shape index (κ3) is 5.42. The Morgan fingerprint density at radius 2 is 1.59 bits per heavy atom. The van der Waals surface area contributed by atoms with Gasteiger partial charge in [0.15, 0.2) is 0 Å². The largest absolute Gasteiger partial charge is 0.353 e. The number of aromatic nitrogens is 1. The molecule has 0 bridgehead atoms. The van der Waals surface area contributed by atoms with E-state index in [9.17, 15) is 13.2 Å². The lowest BCUT2D eigenvalue weighted by Gasteiger charge is -2.35. The second-order valence-electron chi connectivity index (χ2n) is 8.31. The molecule has 0 saturated carbocycles. The summed E-state index contributed by atoms with van der Waals surface area (Å²) < 4.78 is 27.1. The molecule has 172 valence electrons. The van der Waals surface area contributed by atoms with Gasteiger partial charge in [-0.25, -0.2) is 13.4 Å². The molecule has 7 nitrogen and oxygen atoms in total. The lowest BCUT2D eigenvalue weighted by molar-refractivity contribution is -0.131. The minimum absolute atomic E-state index is 0.124. The van der Waals surface area contributed by atoms with Gasteiger partial charge in [0.25, 0.3) is 0 Å². The fourth-order valence-electron chi connectivity index (χ4n) is 4.23. The molecule has 0 unspecified atom stereocenters. The molecule has 3 heterocycles. The van der Waals surface area contributed by atoms with Crippen LogP contribution < -0.4 is 4.90 Å². The number of benzene rings is 1. The molecule has 32 heavy (non-hydrogen) atoms. The average Bonchev–Trinajstić information content (AvgIpc) is 2.84. The van der Waals surface area contributed by atoms with Gasteiger partial charge < -0.3 is 9.80 Å². The molecule has 0 N–H and O–H groups in total. The van der Waals surface area contributed by atoms with Gasteiger partial charge in [-0.05, 0) is 49.1 Å². The number of pyridine rings is 1. The number of amides is 1. The monoisotopic (exact) mass is 476 g/mol. The van der Waals surface area contributed by atoms with E-state index in [2.05, 4.69) is 9.88 Å². The first-order valence-corrected chi connectivity index (χ1v) is 13.0. The summed E-state index contributed by atoms with van der Waals surface area (Å²) in [6.45, 7) is 4.00. The van der Waals surface area contributed by atoms with Crippen LogP contribution in [0, 0.1) is 0 Å². The number of anilines is 1. The summed E-state index contributed by atoms with van der Waals surface area (Å²) in [6.07, 6.45) is 5.58. The predicted molar refractivity (Wildman–Crippen MR) is 125 cm³/mol. The molecule has 2 fully saturated rings. The smallest absolute Gasteiger partial charge is 0.243 e. The van der Waals surface area contributed by atoms with Crippen molar-refractivity contribution in [2.24, 2.45) is 0 Å². The molecule has 4 rings (SSSR count). The Hall–Kier alpha value is -2.16. The highest BCUT2D eigenvalue weighted by Crippen LogP contribution is 2.21. The molecule has 1 aromatic heterocycles. The van der Waals surface area contributed by atoms with Crippen LogP contribution >= 0.6 is 11.6 Å². The Kier molecular flexibility index (Phi) is 7.33. The van der Waals surface area contributed by atoms with Crippen LogP contribution in [-0.2, 0) is 21.2 Å². The van der Waals surface area contributed by atoms with Gasteiger partial charge in [0.05, 0.1) is 9.92 Å². The van der Waals surface area contributed by atoms with E-state index in [1.807, 2.05) is 29.2 Å². The summed E-state index contributed by atoms with van der Waals surface area (Å²) in [5, 5.41) is 0.611. The van der Waals surface area contributed by atoms with Gasteiger partial charge >= 0.3 is 0 Å². The van der Waals surface area contributed by atoms with Crippen molar-refractivity contribution in [2.45, 2.75) is 37.0 Å². The van der Waals surface area contributed by atoms with Crippen LogP contribution in [0.15, 0.2) is 47.5 Å². The number of carbonyl (C=O) groups excluding carboxylic acids is 1. The van der Waals surface area contributed by atoms with Gasteiger partial charge in [0.2, 0.25) is 15.9 Å². The predicted octanol–water partition coefficient (Wildman–Crippen LogP) is 3.19. The lowest BCUT2D eigenvalue weighted by atomic mass is 10.1. The number of piperazine rings is 1. The van der Waals surface area contributed by atoms with Crippen molar-refractivity contribution in [1.82, 2.24) is 14.2 Å². The summed E-state index contributed by atoms with van der Waals surface area (Å²) in [5.74, 6) is 1.000. The number of piperidine rings is 1. The van der Waals surface area contributed by atoms with Crippen LogP contribution in [0.2, 0.25) is 5.02 Å².